The molecule has 1 aromatic heterocycles. The number of aryl methyl sites for hydroxylation is 1. The monoisotopic (exact) mass is 446 g/mol. The summed E-state index contributed by atoms with van der Waals surface area (Å²) in [5.74, 6) is 0.406. The SMILES string of the molecule is CCN1CCN(C(=O)c2ccn(C)n2)C[C@@H](Cc2ccccc2-c2ccccc2OC)C1=O. The van der Waals surface area contributed by atoms with E-state index in [1.807, 2.05) is 48.2 Å². The number of likely N-dealkylation sites (N-methyl/N-ethyl adjacent to an activating group) is 1. The lowest BCUT2D eigenvalue weighted by atomic mass is 9.91. The Balaban J connectivity index is 1.65. The third kappa shape index (κ3) is 4.77. The fraction of sp³-hybridized carbons (Fsp3) is 0.346. The van der Waals surface area contributed by atoms with Crippen molar-refractivity contribution < 1.29 is 14.3 Å². The maximum atomic E-state index is 13.4. The van der Waals surface area contributed by atoms with Gasteiger partial charge in [0.2, 0.25) is 5.91 Å². The van der Waals surface area contributed by atoms with Gasteiger partial charge in [-0.25, -0.2) is 0 Å². The van der Waals surface area contributed by atoms with E-state index >= 15 is 0 Å². The molecule has 1 saturated heterocycles. The van der Waals surface area contributed by atoms with Crippen LogP contribution in [0.2, 0.25) is 0 Å². The molecule has 4 rings (SSSR count). The molecule has 1 fully saturated rings. The van der Waals surface area contributed by atoms with Gasteiger partial charge in [-0.2, -0.15) is 5.10 Å². The Morgan fingerprint density at radius 3 is 2.48 bits per heavy atom. The molecule has 7 nitrogen and oxygen atoms in total. The average molecular weight is 447 g/mol. The van der Waals surface area contributed by atoms with E-state index in [4.69, 9.17) is 4.74 Å². The number of carbonyl (C=O) groups is 2. The first-order valence-corrected chi connectivity index (χ1v) is 11.3. The van der Waals surface area contributed by atoms with Gasteiger partial charge in [-0.05, 0) is 36.6 Å². The molecule has 1 aliphatic rings. The van der Waals surface area contributed by atoms with Gasteiger partial charge in [0.15, 0.2) is 0 Å². The predicted molar refractivity (Wildman–Crippen MR) is 127 cm³/mol. The van der Waals surface area contributed by atoms with E-state index in [1.54, 1.807) is 36.0 Å². The van der Waals surface area contributed by atoms with Gasteiger partial charge in [-0.15, -0.1) is 0 Å². The molecule has 33 heavy (non-hydrogen) atoms. The van der Waals surface area contributed by atoms with Gasteiger partial charge in [0.25, 0.3) is 5.91 Å². The molecule has 2 aromatic carbocycles. The predicted octanol–water partition coefficient (Wildman–Crippen LogP) is 3.26. The van der Waals surface area contributed by atoms with Crippen molar-refractivity contribution in [1.29, 1.82) is 0 Å². The molecule has 0 saturated carbocycles. The lowest BCUT2D eigenvalue weighted by Gasteiger charge is -2.24. The standard InChI is InChI=1S/C26H30N4O3/c1-4-29-15-16-30(26(32)23-13-14-28(2)27-23)18-20(25(29)31)17-19-9-5-6-10-21(19)22-11-7-8-12-24(22)33-3/h5-14,20H,4,15-18H2,1-3H3/t20-/m1/s1. The lowest BCUT2D eigenvalue weighted by molar-refractivity contribution is -0.134. The summed E-state index contributed by atoms with van der Waals surface area (Å²) in [5, 5.41) is 4.27. The van der Waals surface area contributed by atoms with Crippen molar-refractivity contribution in [3.05, 3.63) is 72.1 Å². The van der Waals surface area contributed by atoms with Gasteiger partial charge in [0.1, 0.15) is 11.4 Å². The summed E-state index contributed by atoms with van der Waals surface area (Å²) in [6.07, 6.45) is 2.30. The number of para-hydroxylation sites is 1. The van der Waals surface area contributed by atoms with Crippen LogP contribution in [-0.4, -0.2) is 64.7 Å². The zero-order valence-corrected chi connectivity index (χ0v) is 19.4. The first-order chi connectivity index (χ1) is 16.0. The van der Waals surface area contributed by atoms with E-state index in [2.05, 4.69) is 17.2 Å². The molecular weight excluding hydrogens is 416 g/mol. The van der Waals surface area contributed by atoms with Crippen LogP contribution in [0.1, 0.15) is 23.0 Å². The van der Waals surface area contributed by atoms with Crippen LogP contribution >= 0.6 is 0 Å². The van der Waals surface area contributed by atoms with Crippen molar-refractivity contribution in [2.45, 2.75) is 13.3 Å². The highest BCUT2D eigenvalue weighted by molar-refractivity contribution is 5.93. The molecule has 0 bridgehead atoms. The Morgan fingerprint density at radius 1 is 1.06 bits per heavy atom. The largest absolute Gasteiger partial charge is 0.496 e. The van der Waals surface area contributed by atoms with Gasteiger partial charge in [0.05, 0.1) is 13.0 Å². The van der Waals surface area contributed by atoms with E-state index in [0.717, 1.165) is 22.4 Å². The third-order valence-corrected chi connectivity index (χ3v) is 6.22. The van der Waals surface area contributed by atoms with Crippen LogP contribution in [0.5, 0.6) is 5.75 Å². The maximum absolute atomic E-state index is 13.4. The second kappa shape index (κ2) is 9.90. The van der Waals surface area contributed by atoms with E-state index in [1.165, 1.54) is 0 Å². The summed E-state index contributed by atoms with van der Waals surface area (Å²) in [6.45, 7) is 3.99. The minimum absolute atomic E-state index is 0.0867. The summed E-state index contributed by atoms with van der Waals surface area (Å²) >= 11 is 0. The van der Waals surface area contributed by atoms with Gasteiger partial charge in [-0.1, -0.05) is 42.5 Å². The zero-order valence-electron chi connectivity index (χ0n) is 19.4. The fourth-order valence-corrected chi connectivity index (χ4v) is 4.48. The minimum atomic E-state index is -0.337. The summed E-state index contributed by atoms with van der Waals surface area (Å²) in [4.78, 5) is 30.2. The topological polar surface area (TPSA) is 67.7 Å². The first kappa shape index (κ1) is 22.6. The van der Waals surface area contributed by atoms with Gasteiger partial charge < -0.3 is 14.5 Å². The summed E-state index contributed by atoms with van der Waals surface area (Å²) in [7, 11) is 3.45. The molecule has 7 heteroatoms. The Hall–Kier alpha value is -3.61. The number of aromatic nitrogens is 2. The van der Waals surface area contributed by atoms with Gasteiger partial charge in [-0.3, -0.25) is 14.3 Å². The van der Waals surface area contributed by atoms with E-state index in [0.29, 0.717) is 38.3 Å². The second-order valence-corrected chi connectivity index (χ2v) is 8.30. The molecule has 2 amide bonds. The molecule has 0 spiro atoms. The summed E-state index contributed by atoms with van der Waals surface area (Å²) in [5.41, 5.74) is 3.50. The van der Waals surface area contributed by atoms with Crippen molar-refractivity contribution in [3.8, 4) is 16.9 Å². The van der Waals surface area contributed by atoms with Crippen molar-refractivity contribution in [2.75, 3.05) is 33.3 Å². The number of hydrogen-bond acceptors (Lipinski definition) is 4. The number of hydrogen-bond donors (Lipinski definition) is 0. The summed E-state index contributed by atoms with van der Waals surface area (Å²) < 4.78 is 7.20. The quantitative estimate of drug-likeness (QED) is 0.583. The highest BCUT2D eigenvalue weighted by Crippen LogP contribution is 2.33. The van der Waals surface area contributed by atoms with Crippen molar-refractivity contribution >= 4 is 11.8 Å². The Kier molecular flexibility index (Phi) is 6.77. The number of amides is 2. The first-order valence-electron chi connectivity index (χ1n) is 11.3. The number of benzene rings is 2. The molecular formula is C26H30N4O3. The number of ether oxygens (including phenoxy) is 1. The van der Waals surface area contributed by atoms with E-state index in [9.17, 15) is 9.59 Å². The molecule has 0 aliphatic carbocycles. The van der Waals surface area contributed by atoms with Gasteiger partial charge in [0, 0.05) is 45.0 Å². The molecule has 0 unspecified atom stereocenters. The van der Waals surface area contributed by atoms with Gasteiger partial charge >= 0.3 is 0 Å². The zero-order chi connectivity index (χ0) is 23.4. The summed E-state index contributed by atoms with van der Waals surface area (Å²) in [6, 6.07) is 17.7. The Morgan fingerprint density at radius 2 is 1.79 bits per heavy atom. The smallest absolute Gasteiger partial charge is 0.274 e. The number of methoxy groups -OCH3 is 1. The second-order valence-electron chi connectivity index (χ2n) is 8.30. The molecule has 2 heterocycles. The average Bonchev–Trinajstić information content (AvgIpc) is 3.22. The molecule has 0 radical (unpaired) electrons. The van der Waals surface area contributed by atoms with Crippen molar-refractivity contribution in [2.24, 2.45) is 13.0 Å². The van der Waals surface area contributed by atoms with Crippen molar-refractivity contribution in [3.63, 3.8) is 0 Å². The number of rotatable bonds is 6. The molecule has 1 aliphatic heterocycles. The van der Waals surface area contributed by atoms with E-state index < -0.39 is 0 Å². The highest BCUT2D eigenvalue weighted by atomic mass is 16.5. The maximum Gasteiger partial charge on any atom is 0.274 e. The van der Waals surface area contributed by atoms with E-state index in [-0.39, 0.29) is 17.7 Å². The molecule has 0 N–H and O–H groups in total. The molecule has 1 atom stereocenters. The van der Waals surface area contributed by atoms with Crippen LogP contribution in [0.3, 0.4) is 0 Å². The van der Waals surface area contributed by atoms with Crippen LogP contribution in [0.25, 0.3) is 11.1 Å². The van der Waals surface area contributed by atoms with Crippen LogP contribution < -0.4 is 4.74 Å². The fourth-order valence-electron chi connectivity index (χ4n) is 4.48. The van der Waals surface area contributed by atoms with Crippen molar-refractivity contribution in [1.82, 2.24) is 19.6 Å². The van der Waals surface area contributed by atoms with Crippen LogP contribution in [0.4, 0.5) is 0 Å². The number of nitrogens with zero attached hydrogens (tertiary/aromatic N) is 4. The van der Waals surface area contributed by atoms with Crippen LogP contribution in [0, 0.1) is 5.92 Å². The normalized spacial score (nSPS) is 16.6. The lowest BCUT2D eigenvalue weighted by Crippen LogP contribution is -2.38. The van der Waals surface area contributed by atoms with Crippen LogP contribution in [-0.2, 0) is 18.3 Å². The number of carbonyl (C=O) groups excluding carboxylic acids is 2. The minimum Gasteiger partial charge on any atom is -0.496 e. The highest BCUT2D eigenvalue weighted by Gasteiger charge is 2.33. The molecule has 172 valence electrons. The Bertz CT molecular complexity index is 1140. The Labute approximate surface area is 194 Å². The van der Waals surface area contributed by atoms with Crippen LogP contribution in [0.15, 0.2) is 60.8 Å². The molecule has 3 aromatic rings. The third-order valence-electron chi connectivity index (χ3n) is 6.22.